The van der Waals surface area contributed by atoms with Gasteiger partial charge in [0.25, 0.3) is 0 Å². The number of aromatic nitrogens is 1. The number of nitrogens with zero attached hydrogens (tertiary/aromatic N) is 1. The van der Waals surface area contributed by atoms with Crippen molar-refractivity contribution in [2.45, 2.75) is 25.7 Å². The second-order valence-electron chi connectivity index (χ2n) is 3.93. The predicted octanol–water partition coefficient (Wildman–Crippen LogP) is 1.71. The molecular formula is C11H16N2. The van der Waals surface area contributed by atoms with Crippen LogP contribution in [0.25, 0.3) is 0 Å². The molecule has 0 aromatic carbocycles. The lowest BCUT2D eigenvalue weighted by atomic mass is 9.77. The quantitative estimate of drug-likeness (QED) is 0.707. The van der Waals surface area contributed by atoms with E-state index in [9.17, 15) is 0 Å². The third-order valence-electron chi connectivity index (χ3n) is 3.15. The third-order valence-corrected chi connectivity index (χ3v) is 3.15. The number of pyridine rings is 1. The number of hydrogen-bond donors (Lipinski definition) is 1. The van der Waals surface area contributed by atoms with Gasteiger partial charge in [-0.05, 0) is 48.4 Å². The molecule has 0 saturated heterocycles. The van der Waals surface area contributed by atoms with Crippen molar-refractivity contribution in [3.8, 4) is 0 Å². The Hall–Kier alpha value is -0.890. The Bertz CT molecular complexity index is 296. The van der Waals surface area contributed by atoms with E-state index in [4.69, 9.17) is 5.73 Å². The summed E-state index contributed by atoms with van der Waals surface area (Å²) < 4.78 is 0. The Kier molecular flexibility index (Phi) is 2.32. The van der Waals surface area contributed by atoms with Crippen LogP contribution in [0.4, 0.5) is 0 Å². The molecule has 1 aliphatic carbocycles. The summed E-state index contributed by atoms with van der Waals surface area (Å²) in [5.41, 5.74) is 8.61. The first-order valence-corrected chi connectivity index (χ1v) is 4.95. The number of aryl methyl sites for hydroxylation is 1. The normalized spacial score (nSPS) is 26.9. The highest BCUT2D eigenvalue weighted by atomic mass is 14.6. The van der Waals surface area contributed by atoms with E-state index in [0.717, 1.165) is 12.5 Å². The minimum atomic E-state index is 0.548. The van der Waals surface area contributed by atoms with Crippen LogP contribution in [0.15, 0.2) is 18.5 Å². The summed E-state index contributed by atoms with van der Waals surface area (Å²) in [7, 11) is 0. The van der Waals surface area contributed by atoms with Crippen molar-refractivity contribution in [2.75, 3.05) is 6.54 Å². The molecule has 1 aliphatic rings. The second-order valence-corrected chi connectivity index (χ2v) is 3.93. The minimum absolute atomic E-state index is 0.548. The smallest absolute Gasteiger partial charge is 0.0302 e. The van der Waals surface area contributed by atoms with Crippen LogP contribution in [0.3, 0.4) is 0 Å². The van der Waals surface area contributed by atoms with Crippen LogP contribution in [-0.4, -0.2) is 11.5 Å². The summed E-state index contributed by atoms with van der Waals surface area (Å²) in [6.07, 6.45) is 6.28. The molecule has 2 heteroatoms. The lowest BCUT2D eigenvalue weighted by Crippen LogP contribution is -2.25. The highest BCUT2D eigenvalue weighted by Crippen LogP contribution is 2.34. The monoisotopic (exact) mass is 176 g/mol. The van der Waals surface area contributed by atoms with Crippen molar-refractivity contribution < 1.29 is 0 Å². The van der Waals surface area contributed by atoms with Crippen molar-refractivity contribution in [3.05, 3.63) is 29.6 Å². The second kappa shape index (κ2) is 3.46. The van der Waals surface area contributed by atoms with Gasteiger partial charge in [0.15, 0.2) is 0 Å². The molecule has 70 valence electrons. The molecule has 0 amide bonds. The van der Waals surface area contributed by atoms with Crippen LogP contribution in [-0.2, 0) is 6.42 Å². The van der Waals surface area contributed by atoms with Crippen LogP contribution in [0.2, 0.25) is 0 Å². The van der Waals surface area contributed by atoms with Crippen LogP contribution >= 0.6 is 0 Å². The number of nitrogens with two attached hydrogens (primary N) is 1. The lowest BCUT2D eigenvalue weighted by Gasteiger charge is -2.29. The van der Waals surface area contributed by atoms with Crippen LogP contribution < -0.4 is 5.73 Å². The Balaban J connectivity index is 2.39. The molecule has 0 bridgehead atoms. The maximum atomic E-state index is 5.79. The molecule has 0 spiro atoms. The highest BCUT2D eigenvalue weighted by Gasteiger charge is 2.24. The van der Waals surface area contributed by atoms with Gasteiger partial charge in [0.1, 0.15) is 0 Å². The van der Waals surface area contributed by atoms with E-state index >= 15 is 0 Å². The fourth-order valence-corrected chi connectivity index (χ4v) is 2.26. The summed E-state index contributed by atoms with van der Waals surface area (Å²) in [5.74, 6) is 1.27. The summed E-state index contributed by atoms with van der Waals surface area (Å²) >= 11 is 0. The number of fused-ring (bicyclic) bond motifs is 1. The summed E-state index contributed by atoms with van der Waals surface area (Å²) in [5, 5.41) is 0. The number of rotatable bonds is 1. The van der Waals surface area contributed by atoms with E-state index in [0.29, 0.717) is 5.92 Å². The first-order valence-electron chi connectivity index (χ1n) is 4.95. The standard InChI is InChI=1S/C11H16N2/c1-8-2-3-9-7-13-5-4-10(9)11(8)6-12/h4-5,7-8,11H,2-3,6,12H2,1H3. The van der Waals surface area contributed by atoms with Crippen molar-refractivity contribution >= 4 is 0 Å². The Morgan fingerprint density at radius 3 is 3.23 bits per heavy atom. The molecule has 2 rings (SSSR count). The average Bonchev–Trinajstić information content (AvgIpc) is 2.18. The molecule has 1 heterocycles. The van der Waals surface area contributed by atoms with Gasteiger partial charge in [-0.1, -0.05) is 6.92 Å². The number of hydrogen-bond acceptors (Lipinski definition) is 2. The highest BCUT2D eigenvalue weighted by molar-refractivity contribution is 5.30. The molecule has 2 N–H and O–H groups in total. The van der Waals surface area contributed by atoms with Crippen LogP contribution in [0.5, 0.6) is 0 Å². The van der Waals surface area contributed by atoms with Gasteiger partial charge in [-0.25, -0.2) is 0 Å². The van der Waals surface area contributed by atoms with E-state index in [1.54, 1.807) is 0 Å². The molecule has 0 aliphatic heterocycles. The fourth-order valence-electron chi connectivity index (χ4n) is 2.26. The maximum Gasteiger partial charge on any atom is 0.0302 e. The van der Waals surface area contributed by atoms with Gasteiger partial charge in [0, 0.05) is 12.4 Å². The minimum Gasteiger partial charge on any atom is -0.330 e. The predicted molar refractivity (Wildman–Crippen MR) is 53.5 cm³/mol. The largest absolute Gasteiger partial charge is 0.330 e. The summed E-state index contributed by atoms with van der Waals surface area (Å²) in [6, 6.07) is 2.13. The first kappa shape index (κ1) is 8.70. The van der Waals surface area contributed by atoms with Gasteiger partial charge in [0.05, 0.1) is 0 Å². The lowest BCUT2D eigenvalue weighted by molar-refractivity contribution is 0.408. The van der Waals surface area contributed by atoms with Gasteiger partial charge in [0.2, 0.25) is 0 Å². The van der Waals surface area contributed by atoms with Crippen LogP contribution in [0, 0.1) is 5.92 Å². The topological polar surface area (TPSA) is 38.9 Å². The van der Waals surface area contributed by atoms with E-state index in [1.807, 2.05) is 12.4 Å². The van der Waals surface area contributed by atoms with E-state index in [-0.39, 0.29) is 0 Å². The van der Waals surface area contributed by atoms with E-state index in [2.05, 4.69) is 18.0 Å². The zero-order valence-electron chi connectivity index (χ0n) is 8.03. The van der Waals surface area contributed by atoms with Crippen molar-refractivity contribution in [2.24, 2.45) is 11.7 Å². The molecule has 0 saturated carbocycles. The van der Waals surface area contributed by atoms with Gasteiger partial charge in [-0.15, -0.1) is 0 Å². The molecular weight excluding hydrogens is 160 g/mol. The third kappa shape index (κ3) is 1.46. The van der Waals surface area contributed by atoms with E-state index < -0.39 is 0 Å². The molecule has 0 radical (unpaired) electrons. The van der Waals surface area contributed by atoms with Gasteiger partial charge >= 0.3 is 0 Å². The summed E-state index contributed by atoms with van der Waals surface area (Å²) in [4.78, 5) is 4.15. The van der Waals surface area contributed by atoms with Crippen molar-refractivity contribution in [3.63, 3.8) is 0 Å². The first-order chi connectivity index (χ1) is 6.33. The average molecular weight is 176 g/mol. The van der Waals surface area contributed by atoms with E-state index in [1.165, 1.54) is 24.0 Å². The van der Waals surface area contributed by atoms with Gasteiger partial charge in [-0.2, -0.15) is 0 Å². The Morgan fingerprint density at radius 1 is 1.62 bits per heavy atom. The van der Waals surface area contributed by atoms with Gasteiger partial charge in [-0.3, -0.25) is 4.98 Å². The zero-order valence-corrected chi connectivity index (χ0v) is 8.03. The van der Waals surface area contributed by atoms with Crippen LogP contribution in [0.1, 0.15) is 30.4 Å². The fraction of sp³-hybridized carbons (Fsp3) is 0.545. The van der Waals surface area contributed by atoms with Crippen molar-refractivity contribution in [1.82, 2.24) is 4.98 Å². The Labute approximate surface area is 79.2 Å². The molecule has 1 aromatic rings. The molecule has 2 nitrogen and oxygen atoms in total. The van der Waals surface area contributed by atoms with Gasteiger partial charge < -0.3 is 5.73 Å². The SMILES string of the molecule is CC1CCc2cnccc2C1CN. The molecule has 13 heavy (non-hydrogen) atoms. The zero-order chi connectivity index (χ0) is 9.26. The summed E-state index contributed by atoms with van der Waals surface area (Å²) in [6.45, 7) is 3.05. The molecule has 2 atom stereocenters. The molecule has 2 unspecified atom stereocenters. The Morgan fingerprint density at radius 2 is 2.46 bits per heavy atom. The molecule has 0 fully saturated rings. The van der Waals surface area contributed by atoms with Crippen molar-refractivity contribution in [1.29, 1.82) is 0 Å². The maximum absolute atomic E-state index is 5.79. The molecule has 1 aromatic heterocycles.